The maximum absolute atomic E-state index is 11.7. The lowest BCUT2D eigenvalue weighted by Crippen LogP contribution is -2.45. The molecule has 1 atom stereocenters. The third-order valence-corrected chi connectivity index (χ3v) is 3.65. The molecule has 1 aromatic rings. The molecule has 6 heteroatoms. The molecule has 2 rings (SSSR count). The Hall–Kier alpha value is -1.66. The number of carbonyl (C=O) groups is 1. The second kappa shape index (κ2) is 7.38. The minimum atomic E-state index is -0.115. The van der Waals surface area contributed by atoms with Crippen LogP contribution in [0.5, 0.6) is 0 Å². The molecule has 1 aromatic heterocycles. The van der Waals surface area contributed by atoms with Crippen LogP contribution in [0.25, 0.3) is 0 Å². The number of likely N-dealkylation sites (N-methyl/N-ethyl adjacent to an activating group) is 1. The number of hydrogen-bond donors (Lipinski definition) is 2. The molecule has 0 bridgehead atoms. The Morgan fingerprint density at radius 3 is 2.81 bits per heavy atom. The number of pyridine rings is 1. The van der Waals surface area contributed by atoms with Crippen molar-refractivity contribution in [1.29, 1.82) is 0 Å². The van der Waals surface area contributed by atoms with Crippen molar-refractivity contribution in [2.75, 3.05) is 38.1 Å². The molecule has 0 aromatic carbocycles. The van der Waals surface area contributed by atoms with Gasteiger partial charge in [-0.3, -0.25) is 4.79 Å². The van der Waals surface area contributed by atoms with E-state index in [1.54, 1.807) is 6.20 Å². The van der Waals surface area contributed by atoms with Crippen molar-refractivity contribution < 1.29 is 4.79 Å². The van der Waals surface area contributed by atoms with Crippen molar-refractivity contribution in [3.05, 3.63) is 23.9 Å². The normalized spacial score (nSPS) is 17.6. The fourth-order valence-corrected chi connectivity index (χ4v) is 2.43. The van der Waals surface area contributed by atoms with Crippen molar-refractivity contribution >= 4 is 11.7 Å². The number of nitrogens with one attached hydrogen (secondary N) is 1. The molecular weight excluding hydrogens is 266 g/mol. The summed E-state index contributed by atoms with van der Waals surface area (Å²) in [5.74, 6) is 0.963. The highest BCUT2D eigenvalue weighted by Gasteiger charge is 2.18. The van der Waals surface area contributed by atoms with E-state index in [4.69, 9.17) is 5.73 Å². The highest BCUT2D eigenvalue weighted by Crippen LogP contribution is 2.18. The summed E-state index contributed by atoms with van der Waals surface area (Å²) in [6, 6.07) is 3.82. The fourth-order valence-electron chi connectivity index (χ4n) is 2.43. The Labute approximate surface area is 126 Å². The molecule has 0 aliphatic carbocycles. The van der Waals surface area contributed by atoms with E-state index in [0.717, 1.165) is 37.6 Å². The Morgan fingerprint density at radius 2 is 2.14 bits per heavy atom. The van der Waals surface area contributed by atoms with Crippen LogP contribution in [0.2, 0.25) is 0 Å². The number of aromatic nitrogens is 1. The molecule has 1 aliphatic heterocycles. The molecule has 0 radical (unpaired) electrons. The van der Waals surface area contributed by atoms with Crippen molar-refractivity contribution in [1.82, 2.24) is 15.2 Å². The van der Waals surface area contributed by atoms with Gasteiger partial charge in [0, 0.05) is 56.9 Å². The second-order valence-corrected chi connectivity index (χ2v) is 5.73. The number of nitrogens with two attached hydrogens (primary N) is 1. The second-order valence-electron chi connectivity index (χ2n) is 5.73. The van der Waals surface area contributed by atoms with Crippen LogP contribution >= 0.6 is 0 Å². The van der Waals surface area contributed by atoms with Crippen LogP contribution in [0, 0.1) is 0 Å². The molecule has 6 nitrogen and oxygen atoms in total. The molecule has 3 N–H and O–H groups in total. The Kier molecular flexibility index (Phi) is 5.52. The molecule has 1 unspecified atom stereocenters. The van der Waals surface area contributed by atoms with Gasteiger partial charge in [0.1, 0.15) is 5.82 Å². The van der Waals surface area contributed by atoms with Gasteiger partial charge in [0.2, 0.25) is 5.91 Å². The molecule has 1 fully saturated rings. The lowest BCUT2D eigenvalue weighted by atomic mass is 10.2. The van der Waals surface area contributed by atoms with E-state index in [0.29, 0.717) is 13.0 Å². The SMILES string of the molecule is CC(N)CC(=O)NCc1cccnc1N1CCN(C)CC1. The van der Waals surface area contributed by atoms with Crippen molar-refractivity contribution in [3.63, 3.8) is 0 Å². The lowest BCUT2D eigenvalue weighted by molar-refractivity contribution is -0.121. The summed E-state index contributed by atoms with van der Waals surface area (Å²) in [6.45, 7) is 6.34. The van der Waals surface area contributed by atoms with Crippen LogP contribution in [0.15, 0.2) is 18.3 Å². The van der Waals surface area contributed by atoms with Crippen molar-refractivity contribution in [3.8, 4) is 0 Å². The van der Waals surface area contributed by atoms with Gasteiger partial charge in [-0.05, 0) is 20.0 Å². The van der Waals surface area contributed by atoms with Crippen LogP contribution in [0.1, 0.15) is 18.9 Å². The monoisotopic (exact) mass is 291 g/mol. The summed E-state index contributed by atoms with van der Waals surface area (Å²) in [7, 11) is 2.13. The molecule has 1 saturated heterocycles. The average Bonchev–Trinajstić information content (AvgIpc) is 2.46. The Bertz CT molecular complexity index is 469. The Morgan fingerprint density at radius 1 is 1.43 bits per heavy atom. The topological polar surface area (TPSA) is 74.5 Å². The zero-order valence-electron chi connectivity index (χ0n) is 12.9. The van der Waals surface area contributed by atoms with Gasteiger partial charge in [-0.15, -0.1) is 0 Å². The maximum atomic E-state index is 11.7. The first-order valence-electron chi connectivity index (χ1n) is 7.46. The predicted molar refractivity (Wildman–Crippen MR) is 84.1 cm³/mol. The van der Waals surface area contributed by atoms with E-state index >= 15 is 0 Å². The van der Waals surface area contributed by atoms with Crippen LogP contribution in [-0.2, 0) is 11.3 Å². The summed E-state index contributed by atoms with van der Waals surface area (Å²) in [5, 5.41) is 2.92. The molecule has 0 spiro atoms. The lowest BCUT2D eigenvalue weighted by Gasteiger charge is -2.34. The predicted octanol–water partition coefficient (Wildman–Crippen LogP) is 0.187. The number of hydrogen-bond acceptors (Lipinski definition) is 5. The van der Waals surface area contributed by atoms with Crippen LogP contribution in [-0.4, -0.2) is 55.1 Å². The van der Waals surface area contributed by atoms with E-state index in [1.807, 2.05) is 19.1 Å². The number of nitrogens with zero attached hydrogens (tertiary/aromatic N) is 3. The zero-order chi connectivity index (χ0) is 15.2. The van der Waals surface area contributed by atoms with Gasteiger partial charge in [0.15, 0.2) is 0 Å². The molecule has 1 aliphatic rings. The molecule has 1 amide bonds. The van der Waals surface area contributed by atoms with Gasteiger partial charge in [-0.25, -0.2) is 4.98 Å². The minimum Gasteiger partial charge on any atom is -0.354 e. The highest BCUT2D eigenvalue weighted by molar-refractivity contribution is 5.76. The summed E-state index contributed by atoms with van der Waals surface area (Å²) >= 11 is 0. The van der Waals surface area contributed by atoms with E-state index in [2.05, 4.69) is 27.1 Å². The molecule has 2 heterocycles. The highest BCUT2D eigenvalue weighted by atomic mass is 16.1. The number of anilines is 1. The third kappa shape index (κ3) is 4.68. The van der Waals surface area contributed by atoms with Crippen LogP contribution in [0.3, 0.4) is 0 Å². The number of carbonyl (C=O) groups excluding carboxylic acids is 1. The van der Waals surface area contributed by atoms with E-state index in [9.17, 15) is 4.79 Å². The van der Waals surface area contributed by atoms with Gasteiger partial charge in [-0.2, -0.15) is 0 Å². The van der Waals surface area contributed by atoms with Crippen LogP contribution < -0.4 is 16.0 Å². The summed E-state index contributed by atoms with van der Waals surface area (Å²) in [5.41, 5.74) is 6.69. The standard InChI is InChI=1S/C15H25N5O/c1-12(16)10-14(21)18-11-13-4-3-5-17-15(13)20-8-6-19(2)7-9-20/h3-5,12H,6-11,16H2,1-2H3,(H,18,21). The van der Waals surface area contributed by atoms with Gasteiger partial charge in [0.25, 0.3) is 0 Å². The molecule has 0 saturated carbocycles. The van der Waals surface area contributed by atoms with E-state index < -0.39 is 0 Å². The quantitative estimate of drug-likeness (QED) is 0.810. The first-order chi connectivity index (χ1) is 10.1. The van der Waals surface area contributed by atoms with Gasteiger partial charge < -0.3 is 20.9 Å². The van der Waals surface area contributed by atoms with Crippen LogP contribution in [0.4, 0.5) is 5.82 Å². The number of amides is 1. The number of rotatable bonds is 5. The van der Waals surface area contributed by atoms with Gasteiger partial charge in [0.05, 0.1) is 0 Å². The molecule has 21 heavy (non-hydrogen) atoms. The summed E-state index contributed by atoms with van der Waals surface area (Å²) in [6.07, 6.45) is 2.16. The van der Waals surface area contributed by atoms with Crippen molar-refractivity contribution in [2.45, 2.75) is 25.9 Å². The maximum Gasteiger partial charge on any atom is 0.221 e. The smallest absolute Gasteiger partial charge is 0.221 e. The third-order valence-electron chi connectivity index (χ3n) is 3.65. The Balaban J connectivity index is 1.98. The fraction of sp³-hybridized carbons (Fsp3) is 0.600. The minimum absolute atomic E-state index is 0.0156. The average molecular weight is 291 g/mol. The first kappa shape index (κ1) is 15.7. The van der Waals surface area contributed by atoms with E-state index in [1.165, 1.54) is 0 Å². The van der Waals surface area contributed by atoms with E-state index in [-0.39, 0.29) is 11.9 Å². The number of piperazine rings is 1. The summed E-state index contributed by atoms with van der Waals surface area (Å²) in [4.78, 5) is 20.8. The van der Waals surface area contributed by atoms with Crippen molar-refractivity contribution in [2.24, 2.45) is 5.73 Å². The van der Waals surface area contributed by atoms with Gasteiger partial charge >= 0.3 is 0 Å². The molecular formula is C15H25N5O. The summed E-state index contributed by atoms with van der Waals surface area (Å²) < 4.78 is 0. The first-order valence-corrected chi connectivity index (χ1v) is 7.46. The zero-order valence-corrected chi connectivity index (χ0v) is 12.9. The molecule has 116 valence electrons. The largest absolute Gasteiger partial charge is 0.354 e. The van der Waals surface area contributed by atoms with Gasteiger partial charge in [-0.1, -0.05) is 6.07 Å².